The molecule has 9 nitrogen and oxygen atoms in total. The summed E-state index contributed by atoms with van der Waals surface area (Å²) in [5.74, 6) is -5.94. The highest BCUT2D eigenvalue weighted by Gasteiger charge is 2.35. The molecule has 14 heteroatoms. The molecule has 1 rings (SSSR count). The van der Waals surface area contributed by atoms with E-state index in [0.29, 0.717) is 12.1 Å². The molecule has 0 fully saturated rings. The Hall–Kier alpha value is -2.90. The van der Waals surface area contributed by atoms with Crippen molar-refractivity contribution in [3.05, 3.63) is 29.6 Å². The summed E-state index contributed by atoms with van der Waals surface area (Å²) in [6.45, 7) is 0. The third kappa shape index (κ3) is 7.56. The lowest BCUT2D eigenvalue weighted by Gasteiger charge is -2.17. The number of methoxy groups -OCH3 is 2. The Morgan fingerprint density at radius 2 is 1.76 bits per heavy atom. The minimum Gasteiger partial charge on any atom is -0.469 e. The average molecular weight is 444 g/mol. The molecule has 0 bridgehead atoms. The molecular weight excluding hydrogens is 428 g/mol. The molecule has 0 aliphatic heterocycles. The molecule has 1 amide bonds. The van der Waals surface area contributed by atoms with E-state index >= 15 is 0 Å². The van der Waals surface area contributed by atoms with Crippen LogP contribution in [0, 0.1) is 5.82 Å². The molecule has 0 saturated carbocycles. The highest BCUT2D eigenvalue weighted by atomic mass is 32.2. The first-order valence-corrected chi connectivity index (χ1v) is 9.25. The first kappa shape index (κ1) is 24.1. The van der Waals surface area contributed by atoms with Crippen LogP contribution in [0.2, 0.25) is 0 Å². The van der Waals surface area contributed by atoms with Crippen molar-refractivity contribution in [2.75, 3.05) is 24.7 Å². The van der Waals surface area contributed by atoms with Crippen LogP contribution in [0.15, 0.2) is 18.2 Å². The first-order valence-electron chi connectivity index (χ1n) is 7.60. The first-order chi connectivity index (χ1) is 13.3. The smallest absolute Gasteiger partial charge is 0.418 e. The van der Waals surface area contributed by atoms with Gasteiger partial charge in [-0.05, 0) is 18.2 Å². The molecule has 29 heavy (non-hydrogen) atoms. The average Bonchev–Trinajstić information content (AvgIpc) is 2.60. The van der Waals surface area contributed by atoms with Crippen molar-refractivity contribution in [2.45, 2.75) is 18.6 Å². The topological polar surface area (TPSA) is 128 Å². The summed E-state index contributed by atoms with van der Waals surface area (Å²) in [5, 5.41) is 1.91. The zero-order valence-electron chi connectivity index (χ0n) is 15.0. The second kappa shape index (κ2) is 9.54. The van der Waals surface area contributed by atoms with Crippen LogP contribution in [0.4, 0.5) is 23.2 Å². The maximum Gasteiger partial charge on any atom is 0.418 e. The molecule has 1 atom stereocenters. The summed E-state index contributed by atoms with van der Waals surface area (Å²) < 4.78 is 86.2. The second-order valence-electron chi connectivity index (χ2n) is 5.47. The number of esters is 2. The standard InChI is InChI=1S/C15H16F4N2O7S/c1-27-13(23)6-11(14(24)28-2)20-12(22)7-29(25,26)21-10-4-3-8(16)5-9(10)15(17,18)19/h3-5,11,21H,6-7H2,1-2H3,(H,20,22). The molecule has 0 spiro atoms. The monoisotopic (exact) mass is 444 g/mol. The minimum absolute atomic E-state index is 0.0849. The van der Waals surface area contributed by atoms with E-state index in [1.54, 1.807) is 0 Å². The summed E-state index contributed by atoms with van der Waals surface area (Å²) in [4.78, 5) is 34.7. The number of alkyl halides is 3. The number of rotatable bonds is 8. The largest absolute Gasteiger partial charge is 0.469 e. The molecule has 1 unspecified atom stereocenters. The molecule has 2 N–H and O–H groups in total. The summed E-state index contributed by atoms with van der Waals surface area (Å²) in [5.41, 5.74) is -2.59. The second-order valence-corrected chi connectivity index (χ2v) is 7.19. The van der Waals surface area contributed by atoms with Crippen LogP contribution in [-0.4, -0.2) is 52.3 Å². The highest BCUT2D eigenvalue weighted by molar-refractivity contribution is 7.93. The van der Waals surface area contributed by atoms with Crippen molar-refractivity contribution in [1.82, 2.24) is 5.32 Å². The van der Waals surface area contributed by atoms with Crippen LogP contribution in [0.3, 0.4) is 0 Å². The van der Waals surface area contributed by atoms with Gasteiger partial charge in [0.05, 0.1) is 31.9 Å². The van der Waals surface area contributed by atoms with Gasteiger partial charge in [0.25, 0.3) is 0 Å². The summed E-state index contributed by atoms with van der Waals surface area (Å²) >= 11 is 0. The molecule has 162 valence electrons. The van der Waals surface area contributed by atoms with Crippen LogP contribution in [-0.2, 0) is 40.1 Å². The zero-order chi connectivity index (χ0) is 22.4. The van der Waals surface area contributed by atoms with E-state index in [2.05, 4.69) is 9.47 Å². The van der Waals surface area contributed by atoms with Crippen LogP contribution < -0.4 is 10.0 Å². The van der Waals surface area contributed by atoms with Gasteiger partial charge in [-0.2, -0.15) is 13.2 Å². The van der Waals surface area contributed by atoms with E-state index < -0.39 is 69.3 Å². The summed E-state index contributed by atoms with van der Waals surface area (Å²) in [6.07, 6.45) is -5.74. The van der Waals surface area contributed by atoms with Crippen LogP contribution in [0.1, 0.15) is 12.0 Å². The predicted molar refractivity (Wildman–Crippen MR) is 89.4 cm³/mol. The third-order valence-electron chi connectivity index (χ3n) is 3.29. The minimum atomic E-state index is -5.07. The van der Waals surface area contributed by atoms with Crippen molar-refractivity contribution in [3.8, 4) is 0 Å². The fourth-order valence-corrected chi connectivity index (χ4v) is 3.05. The maximum atomic E-state index is 13.1. The molecule has 1 aromatic rings. The number of hydrogen-bond donors (Lipinski definition) is 2. The van der Waals surface area contributed by atoms with E-state index in [1.165, 1.54) is 4.72 Å². The molecule has 0 radical (unpaired) electrons. The quantitative estimate of drug-likeness (QED) is 0.449. The van der Waals surface area contributed by atoms with Gasteiger partial charge in [0.1, 0.15) is 17.6 Å². The van der Waals surface area contributed by atoms with Gasteiger partial charge < -0.3 is 14.8 Å². The van der Waals surface area contributed by atoms with Crippen molar-refractivity contribution >= 4 is 33.6 Å². The number of carbonyl (C=O) groups excluding carboxylic acids is 3. The summed E-state index contributed by atoms with van der Waals surface area (Å²) in [6, 6.07) is -0.354. The molecule has 0 heterocycles. The molecule has 0 aromatic heterocycles. The van der Waals surface area contributed by atoms with Gasteiger partial charge in [-0.3, -0.25) is 14.3 Å². The Bertz CT molecular complexity index is 887. The fraction of sp³-hybridized carbons (Fsp3) is 0.400. The number of sulfonamides is 1. The van der Waals surface area contributed by atoms with Gasteiger partial charge in [0, 0.05) is 0 Å². The Kier molecular flexibility index (Phi) is 7.94. The predicted octanol–water partition coefficient (Wildman–Crippen LogP) is 0.807. The van der Waals surface area contributed by atoms with Crippen molar-refractivity contribution in [3.63, 3.8) is 0 Å². The van der Waals surface area contributed by atoms with E-state index in [-0.39, 0.29) is 6.07 Å². The Balaban J connectivity index is 2.96. The van der Waals surface area contributed by atoms with Gasteiger partial charge in [-0.1, -0.05) is 0 Å². The lowest BCUT2D eigenvalue weighted by molar-refractivity contribution is -0.150. The lowest BCUT2D eigenvalue weighted by Crippen LogP contribution is -2.45. The molecule has 0 saturated heterocycles. The van der Waals surface area contributed by atoms with Gasteiger partial charge in [-0.15, -0.1) is 0 Å². The van der Waals surface area contributed by atoms with E-state index in [9.17, 15) is 40.4 Å². The van der Waals surface area contributed by atoms with Gasteiger partial charge in [0.2, 0.25) is 15.9 Å². The van der Waals surface area contributed by atoms with Crippen LogP contribution >= 0.6 is 0 Å². The number of hydrogen-bond acceptors (Lipinski definition) is 7. The number of anilines is 1. The van der Waals surface area contributed by atoms with Gasteiger partial charge in [-0.25, -0.2) is 17.6 Å². The number of nitrogens with one attached hydrogen (secondary N) is 2. The molecule has 0 aliphatic carbocycles. The van der Waals surface area contributed by atoms with Crippen LogP contribution in [0.25, 0.3) is 0 Å². The van der Waals surface area contributed by atoms with Crippen molar-refractivity contribution in [2.24, 2.45) is 0 Å². The summed E-state index contributed by atoms with van der Waals surface area (Å²) in [7, 11) is -2.74. The van der Waals surface area contributed by atoms with E-state index in [4.69, 9.17) is 0 Å². The van der Waals surface area contributed by atoms with E-state index in [1.807, 2.05) is 5.32 Å². The zero-order valence-corrected chi connectivity index (χ0v) is 15.8. The normalized spacial score (nSPS) is 12.6. The molecular formula is C15H16F4N2O7S. The molecule has 0 aliphatic rings. The number of ether oxygens (including phenoxy) is 2. The molecule has 1 aromatic carbocycles. The van der Waals surface area contributed by atoms with E-state index in [0.717, 1.165) is 14.2 Å². The van der Waals surface area contributed by atoms with Crippen molar-refractivity contribution < 1.29 is 49.8 Å². The number of carbonyl (C=O) groups is 3. The lowest BCUT2D eigenvalue weighted by atomic mass is 10.2. The number of amides is 1. The fourth-order valence-electron chi connectivity index (χ4n) is 2.04. The maximum absolute atomic E-state index is 13.1. The number of halogens is 4. The van der Waals surface area contributed by atoms with Gasteiger partial charge in [0.15, 0.2) is 0 Å². The SMILES string of the molecule is COC(=O)CC(NC(=O)CS(=O)(=O)Nc1ccc(F)cc1C(F)(F)F)C(=O)OC. The Labute approximate surface area is 162 Å². The third-order valence-corrected chi connectivity index (χ3v) is 4.47. The Morgan fingerprint density at radius 3 is 2.28 bits per heavy atom. The van der Waals surface area contributed by atoms with Crippen molar-refractivity contribution in [1.29, 1.82) is 0 Å². The Morgan fingerprint density at radius 1 is 1.14 bits per heavy atom. The number of benzene rings is 1. The highest BCUT2D eigenvalue weighted by Crippen LogP contribution is 2.35. The van der Waals surface area contributed by atoms with Crippen LogP contribution in [0.5, 0.6) is 0 Å². The van der Waals surface area contributed by atoms with Gasteiger partial charge >= 0.3 is 18.1 Å².